The van der Waals surface area contributed by atoms with Crippen LogP contribution in [0.3, 0.4) is 0 Å². The Bertz CT molecular complexity index is 956. The molecule has 0 saturated carbocycles. The number of guanidine groups is 4. The molecule has 0 saturated heterocycles. The smallest absolute Gasteiger partial charge is 1.00 e. The topological polar surface area (TPSA) is 178 Å². The molecule has 0 aromatic heterocycles. The third kappa shape index (κ3) is 14.9. The maximum absolute atomic E-state index is 5.85. The van der Waals surface area contributed by atoms with E-state index in [9.17, 15) is 0 Å². The molecular formula is C22H33CaCl2FN10. The van der Waals surface area contributed by atoms with Crippen molar-refractivity contribution in [1.29, 1.82) is 0 Å². The molecule has 0 heterocycles. The molecule has 0 atom stereocenters. The molecule has 0 bridgehead atoms. The van der Waals surface area contributed by atoms with Crippen LogP contribution in [0, 0.1) is 0 Å². The van der Waals surface area contributed by atoms with Crippen LogP contribution in [0.15, 0.2) is 68.5 Å². The number of benzene rings is 2. The Hall–Kier alpha value is -2.31. The third-order valence-corrected chi connectivity index (χ3v) is 4.82. The van der Waals surface area contributed by atoms with Crippen LogP contribution >= 0.6 is 23.2 Å². The van der Waals surface area contributed by atoms with Crippen LogP contribution in [0.1, 0.15) is 28.5 Å². The number of rotatable bonds is 9. The summed E-state index contributed by atoms with van der Waals surface area (Å²) in [6.45, 7) is 1.12. The predicted octanol–water partition coefficient (Wildman–Crippen LogP) is 3.33. The number of nitrogens with two attached hydrogens (primary N) is 4. The molecule has 0 fully saturated rings. The minimum Gasteiger partial charge on any atom is -1.00 e. The van der Waals surface area contributed by atoms with E-state index in [0.29, 0.717) is 23.1 Å². The Labute approximate surface area is 253 Å². The van der Waals surface area contributed by atoms with E-state index < -0.39 is 0 Å². The quantitative estimate of drug-likeness (QED) is 0.117. The maximum atomic E-state index is 5.85. The average Bonchev–Trinajstić information content (AvgIpc) is 2.78. The number of hydrogen-bond donors (Lipinski definition) is 6. The zero-order chi connectivity index (χ0) is 24.8. The van der Waals surface area contributed by atoms with Crippen LogP contribution in [-0.2, 0) is 0 Å². The third-order valence-electron chi connectivity index (χ3n) is 4.32. The van der Waals surface area contributed by atoms with E-state index in [1.807, 2.05) is 0 Å². The summed E-state index contributed by atoms with van der Waals surface area (Å²) in [5, 5.41) is 7.11. The number of halogens is 3. The van der Waals surface area contributed by atoms with Gasteiger partial charge in [-0.2, -0.15) is 9.98 Å². The molecule has 0 radical (unpaired) electrons. The van der Waals surface area contributed by atoms with E-state index in [2.05, 4.69) is 30.6 Å². The van der Waals surface area contributed by atoms with Gasteiger partial charge in [0, 0.05) is 34.5 Å². The summed E-state index contributed by atoms with van der Waals surface area (Å²) in [7, 11) is 0. The Morgan fingerprint density at radius 3 is 1.31 bits per heavy atom. The monoisotopic (exact) mass is 566 g/mol. The van der Waals surface area contributed by atoms with Crippen LogP contribution in [0.2, 0.25) is 10.0 Å². The summed E-state index contributed by atoms with van der Waals surface area (Å²) in [5.41, 5.74) is 24.8. The molecule has 2 rings (SSSR count). The van der Waals surface area contributed by atoms with Gasteiger partial charge in [0.25, 0.3) is 0 Å². The molecule has 14 heteroatoms. The first-order valence-corrected chi connectivity index (χ1v) is 11.4. The summed E-state index contributed by atoms with van der Waals surface area (Å²) in [5.74, 6) is 0.564. The van der Waals surface area contributed by atoms with Crippen LogP contribution in [0.4, 0.5) is 16.1 Å². The normalized spacial score (nSPS) is 12.4. The van der Waals surface area contributed by atoms with Crippen molar-refractivity contribution in [2.45, 2.75) is 25.7 Å². The van der Waals surface area contributed by atoms with E-state index in [1.165, 1.54) is 0 Å². The zero-order valence-electron chi connectivity index (χ0n) is 21.8. The second-order valence-electron chi connectivity index (χ2n) is 7.15. The predicted molar refractivity (Wildman–Crippen MR) is 155 cm³/mol. The molecule has 36 heavy (non-hydrogen) atoms. The Kier molecular flexibility index (Phi) is 17.7. The van der Waals surface area contributed by atoms with Gasteiger partial charge < -0.3 is 36.4 Å². The summed E-state index contributed by atoms with van der Waals surface area (Å²) in [6, 6.07) is 14.1. The number of hydrogen-bond acceptors (Lipinski definition) is 2. The van der Waals surface area contributed by atoms with E-state index in [0.717, 1.165) is 37.1 Å². The van der Waals surface area contributed by atoms with E-state index in [1.54, 1.807) is 48.5 Å². The fraction of sp³-hybridized carbons (Fsp3) is 0.273. The first-order chi connectivity index (χ1) is 16.3. The first kappa shape index (κ1) is 33.7. The molecule has 10 N–H and O–H groups in total. The SMILES string of the molecule is F.NC(=NCCCCCCN=C(N)N=C(N)Nc1ccc(Cl)cc1)N=C(N)Nc1ccc(Cl)cc1.[Ca+2].[H-].[H-]. The van der Waals surface area contributed by atoms with Crippen LogP contribution < -0.4 is 33.6 Å². The van der Waals surface area contributed by atoms with E-state index in [-0.39, 0.29) is 69.1 Å². The number of anilines is 2. The average molecular weight is 568 g/mol. The van der Waals surface area contributed by atoms with Gasteiger partial charge in [-0.1, -0.05) is 36.0 Å². The number of nitrogens with zero attached hydrogens (tertiary/aromatic N) is 4. The molecular weight excluding hydrogens is 534 g/mol. The largest absolute Gasteiger partial charge is 2.00 e. The van der Waals surface area contributed by atoms with Crippen LogP contribution in [-0.4, -0.2) is 74.7 Å². The van der Waals surface area contributed by atoms with Gasteiger partial charge in [-0.25, -0.2) is 0 Å². The molecule has 0 unspecified atom stereocenters. The molecule has 2 aromatic rings. The number of unbranched alkanes of at least 4 members (excludes halogenated alkanes) is 3. The summed E-state index contributed by atoms with van der Waals surface area (Å²) >= 11 is 11.7. The number of aliphatic imine (C=N–C) groups is 4. The maximum Gasteiger partial charge on any atom is 2.00 e. The van der Waals surface area contributed by atoms with Gasteiger partial charge in [0.1, 0.15) is 0 Å². The van der Waals surface area contributed by atoms with Gasteiger partial charge in [-0.3, -0.25) is 14.7 Å². The Balaban J connectivity index is -0.00000306. The van der Waals surface area contributed by atoms with Crippen molar-refractivity contribution in [3.8, 4) is 0 Å². The fourth-order valence-corrected chi connectivity index (χ4v) is 2.95. The van der Waals surface area contributed by atoms with Crippen molar-refractivity contribution >= 4 is 96.2 Å². The molecule has 194 valence electrons. The second kappa shape index (κ2) is 18.9. The van der Waals surface area contributed by atoms with Crippen molar-refractivity contribution in [3.05, 3.63) is 58.6 Å². The molecule has 2 aromatic carbocycles. The van der Waals surface area contributed by atoms with Crippen LogP contribution in [0.25, 0.3) is 0 Å². The molecule has 10 nitrogen and oxygen atoms in total. The summed E-state index contributed by atoms with van der Waals surface area (Å²) < 4.78 is 0. The molecule has 0 aliphatic rings. The Morgan fingerprint density at radius 2 is 0.972 bits per heavy atom. The van der Waals surface area contributed by atoms with E-state index >= 15 is 0 Å². The van der Waals surface area contributed by atoms with Gasteiger partial charge in [0.05, 0.1) is 0 Å². The molecule has 0 aliphatic carbocycles. The van der Waals surface area contributed by atoms with Crippen LogP contribution in [0.5, 0.6) is 0 Å². The zero-order valence-corrected chi connectivity index (χ0v) is 23.6. The van der Waals surface area contributed by atoms with Gasteiger partial charge in [-0.05, 0) is 61.4 Å². The fourth-order valence-electron chi connectivity index (χ4n) is 2.70. The standard InChI is InChI=1S/C22H30Cl2N10.Ca.FH.2H/c23-15-5-9-17(10-6-15)31-21(27)33-19(25)29-13-3-1-2-4-14-30-20(26)34-22(28)32-18-11-7-16(24)8-12-18;;;;/h5-12H,1-4,13-14H2,(H5,25,27,29,31,33)(H5,26,28,30,32,34);;1H;;/q;+2;;2*-1. The first-order valence-electron chi connectivity index (χ1n) is 10.6. The Morgan fingerprint density at radius 1 is 0.639 bits per heavy atom. The molecule has 0 amide bonds. The van der Waals surface area contributed by atoms with Gasteiger partial charge in [0.2, 0.25) is 23.8 Å². The molecule has 0 aliphatic heterocycles. The van der Waals surface area contributed by atoms with Crippen molar-refractivity contribution < 1.29 is 7.56 Å². The van der Waals surface area contributed by atoms with E-state index in [4.69, 9.17) is 46.1 Å². The van der Waals surface area contributed by atoms with Gasteiger partial charge >= 0.3 is 37.7 Å². The van der Waals surface area contributed by atoms with Crippen molar-refractivity contribution in [3.63, 3.8) is 0 Å². The summed E-state index contributed by atoms with van der Waals surface area (Å²) in [4.78, 5) is 16.5. The summed E-state index contributed by atoms with van der Waals surface area (Å²) in [6.07, 6.45) is 3.68. The minimum absolute atomic E-state index is 0. The molecule has 0 spiro atoms. The van der Waals surface area contributed by atoms with Crippen molar-refractivity contribution in [1.82, 2.24) is 0 Å². The second-order valence-corrected chi connectivity index (χ2v) is 8.02. The van der Waals surface area contributed by atoms with Crippen molar-refractivity contribution in [2.24, 2.45) is 42.9 Å². The van der Waals surface area contributed by atoms with Gasteiger partial charge in [0.15, 0.2) is 0 Å². The van der Waals surface area contributed by atoms with Gasteiger partial charge in [-0.15, -0.1) is 0 Å². The number of nitrogens with one attached hydrogen (secondary N) is 2. The minimum atomic E-state index is 0. The van der Waals surface area contributed by atoms with Crippen molar-refractivity contribution in [2.75, 3.05) is 23.7 Å².